The van der Waals surface area contributed by atoms with E-state index in [0.29, 0.717) is 37.1 Å². The highest BCUT2D eigenvalue weighted by Crippen LogP contribution is 2.43. The molecule has 0 N–H and O–H groups in total. The maximum atomic E-state index is 13.3. The van der Waals surface area contributed by atoms with Crippen molar-refractivity contribution in [3.63, 3.8) is 0 Å². The van der Waals surface area contributed by atoms with Crippen LogP contribution in [0.4, 0.5) is 0 Å². The number of aromatic nitrogens is 1. The van der Waals surface area contributed by atoms with Crippen LogP contribution in [-0.2, 0) is 24.8 Å². The number of rotatable bonds is 5. The summed E-state index contributed by atoms with van der Waals surface area (Å²) in [5.41, 5.74) is -0.148. The van der Waals surface area contributed by atoms with Gasteiger partial charge in [0.2, 0.25) is 5.89 Å². The summed E-state index contributed by atoms with van der Waals surface area (Å²) in [7, 11) is -3.67. The van der Waals surface area contributed by atoms with E-state index in [1.165, 1.54) is 0 Å². The van der Waals surface area contributed by atoms with Crippen molar-refractivity contribution < 1.29 is 22.4 Å². The van der Waals surface area contributed by atoms with Gasteiger partial charge in [-0.3, -0.25) is 4.79 Å². The molecule has 0 radical (unpaired) electrons. The summed E-state index contributed by atoms with van der Waals surface area (Å²) in [6.45, 7) is 11.3. The van der Waals surface area contributed by atoms with Crippen LogP contribution < -0.4 is 0 Å². The van der Waals surface area contributed by atoms with E-state index in [0.717, 1.165) is 0 Å². The quantitative estimate of drug-likeness (QED) is 0.557. The number of sulfone groups is 1. The molecule has 0 saturated heterocycles. The van der Waals surface area contributed by atoms with Crippen LogP contribution in [0.1, 0.15) is 73.1 Å². The molecule has 2 aromatic rings. The summed E-state index contributed by atoms with van der Waals surface area (Å²) in [5.74, 6) is 0.396. The molecule has 1 aliphatic carbocycles. The lowest BCUT2D eigenvalue weighted by Crippen LogP contribution is -2.36. The highest BCUT2D eigenvalue weighted by Gasteiger charge is 2.42. The molecular formula is C22H30ClNO5S. The first-order chi connectivity index (χ1) is 13.7. The fourth-order valence-corrected chi connectivity index (χ4v) is 6.17. The van der Waals surface area contributed by atoms with Crippen molar-refractivity contribution in [2.45, 2.75) is 88.4 Å². The smallest absolute Gasteiger partial charge is 0.306 e. The molecule has 1 fully saturated rings. The molecule has 0 bridgehead atoms. The zero-order valence-corrected chi connectivity index (χ0v) is 20.0. The summed E-state index contributed by atoms with van der Waals surface area (Å²) in [6.07, 6.45) is 1.91. The average Bonchev–Trinajstić information content (AvgIpc) is 2.94. The van der Waals surface area contributed by atoms with Gasteiger partial charge in [-0.1, -0.05) is 32.4 Å². The molecule has 1 saturated carbocycles. The number of hydrogen-bond donors (Lipinski definition) is 0. The van der Waals surface area contributed by atoms with E-state index < -0.39 is 20.7 Å². The largest absolute Gasteiger partial charge is 0.460 e. The van der Waals surface area contributed by atoms with Gasteiger partial charge in [0.25, 0.3) is 0 Å². The Morgan fingerprint density at radius 1 is 1.20 bits per heavy atom. The van der Waals surface area contributed by atoms with Gasteiger partial charge < -0.3 is 9.15 Å². The average molecular weight is 456 g/mol. The van der Waals surface area contributed by atoms with Crippen LogP contribution in [-0.4, -0.2) is 30.2 Å². The lowest BCUT2D eigenvalue weighted by Gasteiger charge is -2.35. The number of benzene rings is 1. The number of nitrogens with zero attached hydrogens (tertiary/aromatic N) is 1. The third kappa shape index (κ3) is 4.83. The van der Waals surface area contributed by atoms with Crippen LogP contribution in [0.3, 0.4) is 0 Å². The lowest BCUT2D eigenvalue weighted by molar-refractivity contribution is -0.155. The first-order valence-electron chi connectivity index (χ1n) is 10.2. The Bertz CT molecular complexity index is 1050. The number of ether oxygens (including phenoxy) is 1. The fraction of sp³-hybridized carbons (Fsp3) is 0.636. The Hall–Kier alpha value is -1.60. The number of oxazole rings is 1. The zero-order chi connectivity index (χ0) is 22.5. The molecule has 3 rings (SSSR count). The van der Waals surface area contributed by atoms with Crippen molar-refractivity contribution in [1.82, 2.24) is 4.98 Å². The molecular weight excluding hydrogens is 426 g/mol. The molecule has 30 heavy (non-hydrogen) atoms. The normalized spacial score (nSPS) is 20.2. The summed E-state index contributed by atoms with van der Waals surface area (Å²) in [6, 6.07) is 3.24. The van der Waals surface area contributed by atoms with E-state index in [-0.39, 0.29) is 32.8 Å². The monoisotopic (exact) mass is 455 g/mol. The van der Waals surface area contributed by atoms with Crippen molar-refractivity contribution in [3.8, 4) is 0 Å². The number of carbonyl (C=O) groups excluding carboxylic acids is 1. The molecule has 0 aliphatic heterocycles. The van der Waals surface area contributed by atoms with E-state index in [1.807, 2.05) is 41.5 Å². The number of halogens is 1. The molecule has 1 aliphatic rings. The van der Waals surface area contributed by atoms with Gasteiger partial charge in [-0.25, -0.2) is 13.4 Å². The molecule has 1 heterocycles. The number of hydrogen-bond acceptors (Lipinski definition) is 6. The number of fused-ring (bicyclic) bond motifs is 1. The maximum absolute atomic E-state index is 13.3. The summed E-state index contributed by atoms with van der Waals surface area (Å²) >= 11 is 6.31. The van der Waals surface area contributed by atoms with Crippen LogP contribution in [0, 0.1) is 5.92 Å². The van der Waals surface area contributed by atoms with E-state index in [2.05, 4.69) is 4.98 Å². The van der Waals surface area contributed by atoms with E-state index in [9.17, 15) is 13.2 Å². The molecule has 0 spiro atoms. The predicted octanol–water partition coefficient (Wildman–Crippen LogP) is 5.45. The van der Waals surface area contributed by atoms with Gasteiger partial charge in [-0.15, -0.1) is 0 Å². The van der Waals surface area contributed by atoms with Crippen molar-refractivity contribution >= 4 is 38.5 Å². The van der Waals surface area contributed by atoms with Crippen molar-refractivity contribution in [1.29, 1.82) is 0 Å². The van der Waals surface area contributed by atoms with E-state index in [1.54, 1.807) is 12.1 Å². The van der Waals surface area contributed by atoms with Crippen molar-refractivity contribution in [3.05, 3.63) is 23.0 Å². The Labute approximate surface area is 183 Å². The minimum Gasteiger partial charge on any atom is -0.460 e. The molecule has 0 atom stereocenters. The Morgan fingerprint density at radius 3 is 2.40 bits per heavy atom. The summed E-state index contributed by atoms with van der Waals surface area (Å²) in [5, 5.41) is -0.385. The van der Waals surface area contributed by atoms with Gasteiger partial charge >= 0.3 is 5.97 Å². The van der Waals surface area contributed by atoms with Crippen molar-refractivity contribution in [2.75, 3.05) is 0 Å². The Balaban J connectivity index is 1.74. The molecule has 8 heteroatoms. The highest BCUT2D eigenvalue weighted by atomic mass is 35.5. The summed E-state index contributed by atoms with van der Waals surface area (Å²) in [4.78, 5) is 16.4. The molecule has 1 aromatic heterocycles. The molecule has 1 aromatic carbocycles. The SMILES string of the molecule is CC(C)(C)OC(=O)CCC1CC(S(=O)(=O)c2c(Cl)ccc3nc(C(C)(C)C)oc23)C1. The Kier molecular flexibility index (Phi) is 6.02. The number of esters is 1. The van der Waals surface area contributed by atoms with Gasteiger partial charge in [0, 0.05) is 11.8 Å². The van der Waals surface area contributed by atoms with Gasteiger partial charge in [0.15, 0.2) is 15.4 Å². The van der Waals surface area contributed by atoms with Crippen LogP contribution in [0.15, 0.2) is 21.4 Å². The van der Waals surface area contributed by atoms with Crippen LogP contribution in [0.2, 0.25) is 5.02 Å². The fourth-order valence-electron chi connectivity index (χ4n) is 3.57. The standard InChI is InChI=1S/C22H30ClNO5S/c1-21(2,3)20-24-16-9-8-15(23)19(18(16)28-20)30(26,27)14-11-13(12-14)7-10-17(25)29-22(4,5)6/h8-9,13-14H,7,10-12H2,1-6H3. The van der Waals surface area contributed by atoms with Crippen LogP contribution in [0.25, 0.3) is 11.1 Å². The molecule has 0 amide bonds. The van der Waals surface area contributed by atoms with Crippen LogP contribution in [0.5, 0.6) is 0 Å². The minimum absolute atomic E-state index is 0.0280. The second kappa shape index (κ2) is 7.83. The molecule has 0 unspecified atom stereocenters. The lowest BCUT2D eigenvalue weighted by atomic mass is 9.81. The second-order valence-electron chi connectivity index (χ2n) is 10.1. The predicted molar refractivity (Wildman–Crippen MR) is 116 cm³/mol. The molecule has 6 nitrogen and oxygen atoms in total. The van der Waals surface area contributed by atoms with Crippen molar-refractivity contribution in [2.24, 2.45) is 5.92 Å². The van der Waals surface area contributed by atoms with Gasteiger partial charge in [0.1, 0.15) is 16.0 Å². The summed E-state index contributed by atoms with van der Waals surface area (Å²) < 4.78 is 37.8. The van der Waals surface area contributed by atoms with Gasteiger partial charge in [-0.2, -0.15) is 0 Å². The van der Waals surface area contributed by atoms with Crippen LogP contribution >= 0.6 is 11.6 Å². The minimum atomic E-state index is -3.67. The zero-order valence-electron chi connectivity index (χ0n) is 18.4. The van der Waals surface area contributed by atoms with E-state index in [4.69, 9.17) is 20.8 Å². The third-order valence-corrected chi connectivity index (χ3v) is 7.86. The van der Waals surface area contributed by atoms with E-state index >= 15 is 0 Å². The second-order valence-corrected chi connectivity index (χ2v) is 12.7. The maximum Gasteiger partial charge on any atom is 0.306 e. The Morgan fingerprint density at radius 2 is 1.83 bits per heavy atom. The van der Waals surface area contributed by atoms with Gasteiger partial charge in [0.05, 0.1) is 10.3 Å². The van der Waals surface area contributed by atoms with Gasteiger partial charge in [-0.05, 0) is 58.1 Å². The number of carbonyl (C=O) groups is 1. The molecule has 166 valence electrons. The topological polar surface area (TPSA) is 86.5 Å². The first kappa shape index (κ1) is 23.1. The first-order valence-corrected chi connectivity index (χ1v) is 12.2. The third-order valence-electron chi connectivity index (χ3n) is 5.20. The highest BCUT2D eigenvalue weighted by molar-refractivity contribution is 7.92.